The van der Waals surface area contributed by atoms with Gasteiger partial charge in [0.15, 0.2) is 0 Å². The van der Waals surface area contributed by atoms with E-state index < -0.39 is 0 Å². The first-order valence-electron chi connectivity index (χ1n) is 7.21. The number of rotatable bonds is 7. The van der Waals surface area contributed by atoms with E-state index in [4.69, 9.17) is 16.0 Å². The molecule has 0 radical (unpaired) electrons. The standard InChI is InChI=1S/C16H22ClN3O/c1-4-6-18-9-14-8-16(19-10-15(14)17)20(3)11-13-5-7-21-12(13)2/h5,7-8,10,18H,4,6,9,11H2,1-3H3. The van der Waals surface area contributed by atoms with Gasteiger partial charge in [-0.2, -0.15) is 0 Å². The molecule has 0 unspecified atom stereocenters. The molecule has 0 bridgehead atoms. The summed E-state index contributed by atoms with van der Waals surface area (Å²) in [5.74, 6) is 1.86. The van der Waals surface area contributed by atoms with Crippen molar-refractivity contribution in [3.05, 3.63) is 46.5 Å². The number of hydrogen-bond acceptors (Lipinski definition) is 4. The summed E-state index contributed by atoms with van der Waals surface area (Å²) in [6.45, 7) is 6.63. The van der Waals surface area contributed by atoms with Gasteiger partial charge >= 0.3 is 0 Å². The molecule has 0 aromatic carbocycles. The fourth-order valence-corrected chi connectivity index (χ4v) is 2.29. The Hall–Kier alpha value is -1.52. The van der Waals surface area contributed by atoms with Gasteiger partial charge in [0.25, 0.3) is 0 Å². The van der Waals surface area contributed by atoms with Crippen LogP contribution in [0.15, 0.2) is 29.0 Å². The van der Waals surface area contributed by atoms with Crippen molar-refractivity contribution < 1.29 is 4.42 Å². The lowest BCUT2D eigenvalue weighted by molar-refractivity contribution is 0.529. The van der Waals surface area contributed by atoms with E-state index in [-0.39, 0.29) is 0 Å². The Bertz CT molecular complexity index is 583. The Morgan fingerprint density at radius 1 is 1.38 bits per heavy atom. The molecule has 0 aliphatic heterocycles. The number of furan rings is 1. The van der Waals surface area contributed by atoms with Crippen molar-refractivity contribution in [1.29, 1.82) is 0 Å². The highest BCUT2D eigenvalue weighted by Crippen LogP contribution is 2.22. The van der Waals surface area contributed by atoms with Gasteiger partial charge < -0.3 is 14.6 Å². The molecule has 0 aliphatic rings. The number of nitrogens with zero attached hydrogens (tertiary/aromatic N) is 2. The molecule has 0 saturated carbocycles. The number of aryl methyl sites for hydroxylation is 1. The highest BCUT2D eigenvalue weighted by Gasteiger charge is 2.10. The summed E-state index contributed by atoms with van der Waals surface area (Å²) >= 11 is 6.21. The number of halogens is 1. The average molecular weight is 308 g/mol. The van der Waals surface area contributed by atoms with Gasteiger partial charge in [0.05, 0.1) is 11.3 Å². The van der Waals surface area contributed by atoms with Crippen molar-refractivity contribution in [2.45, 2.75) is 33.4 Å². The first-order valence-corrected chi connectivity index (χ1v) is 7.58. The van der Waals surface area contributed by atoms with Crippen molar-refractivity contribution >= 4 is 17.4 Å². The average Bonchev–Trinajstić information content (AvgIpc) is 2.86. The zero-order valence-corrected chi connectivity index (χ0v) is 13.6. The van der Waals surface area contributed by atoms with Gasteiger partial charge in [-0.3, -0.25) is 0 Å². The van der Waals surface area contributed by atoms with Gasteiger partial charge in [0.2, 0.25) is 0 Å². The molecule has 1 N–H and O–H groups in total. The number of nitrogens with one attached hydrogen (secondary N) is 1. The third-order valence-electron chi connectivity index (χ3n) is 3.43. The monoisotopic (exact) mass is 307 g/mol. The molecule has 114 valence electrons. The van der Waals surface area contributed by atoms with E-state index >= 15 is 0 Å². The largest absolute Gasteiger partial charge is 0.469 e. The third kappa shape index (κ3) is 4.22. The SMILES string of the molecule is CCCNCc1cc(N(C)Cc2ccoc2C)ncc1Cl. The van der Waals surface area contributed by atoms with Gasteiger partial charge in [-0.05, 0) is 37.6 Å². The Kier molecular flexibility index (Phi) is 5.65. The first-order chi connectivity index (χ1) is 10.1. The minimum atomic E-state index is 0.704. The van der Waals surface area contributed by atoms with Crippen molar-refractivity contribution in [3.8, 4) is 0 Å². The summed E-state index contributed by atoms with van der Waals surface area (Å²) in [6, 6.07) is 4.03. The van der Waals surface area contributed by atoms with Gasteiger partial charge in [0.1, 0.15) is 11.6 Å². The molecule has 0 spiro atoms. The van der Waals surface area contributed by atoms with Gasteiger partial charge in [0, 0.05) is 31.9 Å². The maximum atomic E-state index is 6.21. The van der Waals surface area contributed by atoms with Crippen LogP contribution in [0, 0.1) is 6.92 Å². The molecule has 21 heavy (non-hydrogen) atoms. The lowest BCUT2D eigenvalue weighted by Gasteiger charge is -2.19. The zero-order chi connectivity index (χ0) is 15.2. The minimum absolute atomic E-state index is 0.704. The lowest BCUT2D eigenvalue weighted by atomic mass is 10.2. The second-order valence-corrected chi connectivity index (χ2v) is 5.58. The number of pyridine rings is 1. The van der Waals surface area contributed by atoms with Gasteiger partial charge in [-0.25, -0.2) is 4.98 Å². The van der Waals surface area contributed by atoms with Crippen LogP contribution in [0.25, 0.3) is 0 Å². The summed E-state index contributed by atoms with van der Waals surface area (Å²) in [5, 5.41) is 4.07. The number of aromatic nitrogens is 1. The highest BCUT2D eigenvalue weighted by molar-refractivity contribution is 6.31. The van der Waals surface area contributed by atoms with Crippen LogP contribution < -0.4 is 10.2 Å². The molecule has 0 saturated heterocycles. The molecule has 2 heterocycles. The zero-order valence-electron chi connectivity index (χ0n) is 12.8. The second kappa shape index (κ2) is 7.48. The van der Waals surface area contributed by atoms with E-state index in [9.17, 15) is 0 Å². The van der Waals surface area contributed by atoms with Crippen molar-refractivity contribution in [2.75, 3.05) is 18.5 Å². The van der Waals surface area contributed by atoms with Crippen LogP contribution in [0.4, 0.5) is 5.82 Å². The van der Waals surface area contributed by atoms with E-state index in [1.54, 1.807) is 12.5 Å². The first kappa shape index (κ1) is 15.9. The van der Waals surface area contributed by atoms with Crippen LogP contribution in [0.1, 0.15) is 30.2 Å². The van der Waals surface area contributed by atoms with E-state index in [2.05, 4.69) is 22.1 Å². The molecule has 2 aromatic heterocycles. The Morgan fingerprint density at radius 3 is 2.86 bits per heavy atom. The summed E-state index contributed by atoms with van der Waals surface area (Å²) in [6.07, 6.45) is 4.54. The fraction of sp³-hybridized carbons (Fsp3) is 0.438. The topological polar surface area (TPSA) is 41.3 Å². The lowest BCUT2D eigenvalue weighted by Crippen LogP contribution is -2.19. The summed E-state index contributed by atoms with van der Waals surface area (Å²) in [7, 11) is 2.02. The van der Waals surface area contributed by atoms with Crippen molar-refractivity contribution in [3.63, 3.8) is 0 Å². The van der Waals surface area contributed by atoms with E-state index in [0.29, 0.717) is 5.02 Å². The van der Waals surface area contributed by atoms with Crippen LogP contribution in [-0.2, 0) is 13.1 Å². The third-order valence-corrected chi connectivity index (χ3v) is 3.77. The number of anilines is 1. The number of hydrogen-bond donors (Lipinski definition) is 1. The van der Waals surface area contributed by atoms with Crippen LogP contribution in [0.2, 0.25) is 5.02 Å². The summed E-state index contributed by atoms with van der Waals surface area (Å²) < 4.78 is 5.33. The Morgan fingerprint density at radius 2 is 2.19 bits per heavy atom. The van der Waals surface area contributed by atoms with Gasteiger partial charge in [-0.1, -0.05) is 18.5 Å². The van der Waals surface area contributed by atoms with Gasteiger partial charge in [-0.15, -0.1) is 0 Å². The molecule has 4 nitrogen and oxygen atoms in total. The molecule has 0 amide bonds. The summed E-state index contributed by atoms with van der Waals surface area (Å²) in [4.78, 5) is 6.51. The molecule has 0 fully saturated rings. The van der Waals surface area contributed by atoms with Crippen molar-refractivity contribution in [2.24, 2.45) is 0 Å². The normalized spacial score (nSPS) is 10.9. The fourth-order valence-electron chi connectivity index (χ4n) is 2.12. The molecule has 2 rings (SSSR count). The molecule has 0 aliphatic carbocycles. The van der Waals surface area contributed by atoms with Crippen molar-refractivity contribution in [1.82, 2.24) is 10.3 Å². The maximum absolute atomic E-state index is 6.21. The Balaban J connectivity index is 2.08. The maximum Gasteiger partial charge on any atom is 0.128 e. The molecular formula is C16H22ClN3O. The predicted molar refractivity (Wildman–Crippen MR) is 86.8 cm³/mol. The highest BCUT2D eigenvalue weighted by atomic mass is 35.5. The predicted octanol–water partition coefficient (Wildman–Crippen LogP) is 3.77. The summed E-state index contributed by atoms with van der Waals surface area (Å²) in [5.41, 5.74) is 2.24. The van der Waals surface area contributed by atoms with E-state index in [1.165, 1.54) is 5.56 Å². The molecule has 2 aromatic rings. The van der Waals surface area contributed by atoms with E-state index in [0.717, 1.165) is 43.2 Å². The van der Waals surface area contributed by atoms with Crippen LogP contribution in [0.5, 0.6) is 0 Å². The van der Waals surface area contributed by atoms with Crippen LogP contribution >= 0.6 is 11.6 Å². The smallest absolute Gasteiger partial charge is 0.128 e. The molecule has 0 atom stereocenters. The van der Waals surface area contributed by atoms with Crippen LogP contribution in [0.3, 0.4) is 0 Å². The quantitative estimate of drug-likeness (QED) is 0.791. The second-order valence-electron chi connectivity index (χ2n) is 5.17. The van der Waals surface area contributed by atoms with E-state index in [1.807, 2.05) is 26.1 Å². The minimum Gasteiger partial charge on any atom is -0.469 e. The molecule has 5 heteroatoms. The molecular weight excluding hydrogens is 286 g/mol. The van der Waals surface area contributed by atoms with Crippen LogP contribution in [-0.4, -0.2) is 18.6 Å². The Labute approximate surface area is 131 Å².